The molecule has 1 aromatic carbocycles. The molecule has 0 radical (unpaired) electrons. The molecule has 4 aromatic heterocycles. The van der Waals surface area contributed by atoms with Gasteiger partial charge in [-0.05, 0) is 37.3 Å². The normalized spacial score (nSPS) is 16.0. The fourth-order valence-electron chi connectivity index (χ4n) is 4.22. The van der Waals surface area contributed by atoms with E-state index in [4.69, 9.17) is 9.52 Å². The minimum absolute atomic E-state index is 0.148. The molecule has 0 saturated carbocycles. The van der Waals surface area contributed by atoms with Crippen LogP contribution in [0.25, 0.3) is 17.0 Å². The first-order chi connectivity index (χ1) is 15.6. The van der Waals surface area contributed by atoms with Crippen molar-refractivity contribution in [3.05, 3.63) is 83.2 Å². The van der Waals surface area contributed by atoms with Gasteiger partial charge < -0.3 is 14.3 Å². The Hall–Kier alpha value is -4.08. The third-order valence-electron chi connectivity index (χ3n) is 5.74. The summed E-state index contributed by atoms with van der Waals surface area (Å²) < 4.78 is 36.1. The van der Waals surface area contributed by atoms with Gasteiger partial charge in [-0.15, -0.1) is 5.10 Å². The highest BCUT2D eigenvalue weighted by Crippen LogP contribution is 2.37. The summed E-state index contributed by atoms with van der Waals surface area (Å²) in [4.78, 5) is 9.57. The Morgan fingerprint density at radius 2 is 1.91 bits per heavy atom. The topological polar surface area (TPSA) is 88.1 Å². The number of pyridine rings is 1. The molecule has 1 atom stereocenters. The van der Waals surface area contributed by atoms with Crippen molar-refractivity contribution in [2.75, 3.05) is 11.4 Å². The van der Waals surface area contributed by atoms with Crippen LogP contribution in [0.1, 0.15) is 28.8 Å². The second kappa shape index (κ2) is 6.98. The molecule has 5 aromatic rings. The summed E-state index contributed by atoms with van der Waals surface area (Å²) >= 11 is 0. The predicted molar refractivity (Wildman–Crippen MR) is 111 cm³/mol. The Bertz CT molecular complexity index is 1430. The maximum absolute atomic E-state index is 14.2. The Balaban J connectivity index is 1.47. The van der Waals surface area contributed by atoms with Crippen LogP contribution in [0, 0.1) is 18.6 Å². The van der Waals surface area contributed by atoms with Crippen LogP contribution < -0.4 is 4.90 Å². The van der Waals surface area contributed by atoms with Gasteiger partial charge in [0.15, 0.2) is 0 Å². The van der Waals surface area contributed by atoms with Crippen molar-refractivity contribution in [3.8, 4) is 11.5 Å². The summed E-state index contributed by atoms with van der Waals surface area (Å²) in [6.07, 6.45) is 2.32. The lowest BCUT2D eigenvalue weighted by Crippen LogP contribution is -2.37. The molecule has 32 heavy (non-hydrogen) atoms. The van der Waals surface area contributed by atoms with Gasteiger partial charge >= 0.3 is 6.01 Å². The van der Waals surface area contributed by atoms with Crippen LogP contribution >= 0.6 is 0 Å². The molecule has 0 spiro atoms. The molecule has 1 N–H and O–H groups in total. The van der Waals surface area contributed by atoms with Crippen LogP contribution in [0.5, 0.6) is 0 Å². The fourth-order valence-corrected chi connectivity index (χ4v) is 4.22. The number of imidazole rings is 1. The van der Waals surface area contributed by atoms with Gasteiger partial charge in [0.05, 0.1) is 23.2 Å². The fraction of sp³-hybridized carbons (Fsp3) is 0.182. The number of nitrogens with one attached hydrogen (secondary N) is 1. The number of aryl methyl sites for hydroxylation is 1. The van der Waals surface area contributed by atoms with Crippen LogP contribution in [-0.2, 0) is 6.42 Å². The Kier molecular flexibility index (Phi) is 4.07. The summed E-state index contributed by atoms with van der Waals surface area (Å²) in [6, 6.07) is 11.3. The third kappa shape index (κ3) is 2.79. The Morgan fingerprint density at radius 1 is 1.09 bits per heavy atom. The molecule has 5 heterocycles. The van der Waals surface area contributed by atoms with E-state index in [0.29, 0.717) is 13.0 Å². The van der Waals surface area contributed by atoms with Gasteiger partial charge in [0.25, 0.3) is 5.89 Å². The summed E-state index contributed by atoms with van der Waals surface area (Å²) in [6.45, 7) is 2.52. The van der Waals surface area contributed by atoms with Gasteiger partial charge in [-0.1, -0.05) is 17.2 Å². The van der Waals surface area contributed by atoms with Gasteiger partial charge in [-0.2, -0.15) is 5.10 Å². The van der Waals surface area contributed by atoms with Crippen LogP contribution in [0.2, 0.25) is 0 Å². The molecule has 8 nitrogen and oxygen atoms in total. The highest BCUT2D eigenvalue weighted by Gasteiger charge is 2.36. The van der Waals surface area contributed by atoms with E-state index < -0.39 is 17.7 Å². The number of nitrogens with zero attached hydrogens (tertiary/aromatic N) is 6. The van der Waals surface area contributed by atoms with E-state index in [2.05, 4.69) is 20.2 Å². The molecule has 6 rings (SSSR count). The third-order valence-corrected chi connectivity index (χ3v) is 5.74. The van der Waals surface area contributed by atoms with E-state index in [1.807, 2.05) is 40.6 Å². The summed E-state index contributed by atoms with van der Waals surface area (Å²) in [5, 5.41) is 12.8. The maximum atomic E-state index is 14.2. The maximum Gasteiger partial charge on any atom is 0.319 e. The van der Waals surface area contributed by atoms with Gasteiger partial charge in [-0.3, -0.25) is 0 Å². The molecule has 1 unspecified atom stereocenters. The SMILES string of the molecule is Cc1cccc2cc(C3c4nc[nH]c4CCN3c3nnc(-c4c(F)cccc4F)o3)nn12. The smallest absolute Gasteiger partial charge is 0.319 e. The number of fused-ring (bicyclic) bond motifs is 2. The minimum Gasteiger partial charge on any atom is -0.403 e. The first-order valence-corrected chi connectivity index (χ1v) is 10.1. The first kappa shape index (κ1) is 18.7. The van der Waals surface area contributed by atoms with Gasteiger partial charge in [0, 0.05) is 24.4 Å². The number of H-pyrrole nitrogens is 1. The summed E-state index contributed by atoms with van der Waals surface area (Å²) in [5.41, 5.74) is 4.15. The molecule has 0 bridgehead atoms. The van der Waals surface area contributed by atoms with Crippen molar-refractivity contribution < 1.29 is 13.2 Å². The van der Waals surface area contributed by atoms with Gasteiger partial charge in [0.2, 0.25) is 0 Å². The average Bonchev–Trinajstić information content (AvgIpc) is 3.52. The molecule has 1 aliphatic heterocycles. The highest BCUT2D eigenvalue weighted by atomic mass is 19.1. The Morgan fingerprint density at radius 3 is 2.72 bits per heavy atom. The zero-order valence-electron chi connectivity index (χ0n) is 17.0. The van der Waals surface area contributed by atoms with Crippen LogP contribution in [0.4, 0.5) is 14.8 Å². The number of benzene rings is 1. The molecular formula is C22H17F2N7O. The summed E-state index contributed by atoms with van der Waals surface area (Å²) in [7, 11) is 0. The number of anilines is 1. The molecule has 160 valence electrons. The average molecular weight is 433 g/mol. The zero-order valence-corrected chi connectivity index (χ0v) is 17.0. The van der Waals surface area contributed by atoms with Crippen molar-refractivity contribution in [2.45, 2.75) is 19.4 Å². The van der Waals surface area contributed by atoms with E-state index >= 15 is 0 Å². The zero-order chi connectivity index (χ0) is 21.8. The molecule has 0 amide bonds. The number of halogens is 2. The molecule has 0 fully saturated rings. The lowest BCUT2D eigenvalue weighted by Gasteiger charge is -2.32. The molecular weight excluding hydrogens is 416 g/mol. The number of aromatic amines is 1. The first-order valence-electron chi connectivity index (χ1n) is 10.1. The number of rotatable bonds is 3. The van der Waals surface area contributed by atoms with E-state index in [1.165, 1.54) is 6.07 Å². The monoisotopic (exact) mass is 433 g/mol. The number of aromatic nitrogens is 6. The number of hydrogen-bond donors (Lipinski definition) is 1. The molecule has 0 saturated heterocycles. The van der Waals surface area contributed by atoms with Gasteiger partial charge in [0.1, 0.15) is 23.2 Å². The van der Waals surface area contributed by atoms with Crippen LogP contribution in [0.15, 0.2) is 53.2 Å². The molecule has 10 heteroatoms. The van der Waals surface area contributed by atoms with Crippen molar-refractivity contribution >= 4 is 11.5 Å². The minimum atomic E-state index is -0.763. The quantitative estimate of drug-likeness (QED) is 0.465. The van der Waals surface area contributed by atoms with E-state index in [-0.39, 0.29) is 17.5 Å². The largest absolute Gasteiger partial charge is 0.403 e. The van der Waals surface area contributed by atoms with Crippen LogP contribution in [-0.4, -0.2) is 36.3 Å². The van der Waals surface area contributed by atoms with E-state index in [1.54, 1.807) is 6.33 Å². The standard InChI is InChI=1S/C22H17F2N7O/c1-12-4-2-5-13-10-17(29-31(12)13)20-19-16(25-11-26-19)8-9-30(20)22-28-27-21(32-22)18-14(23)6-3-7-15(18)24/h2-7,10-11,20H,8-9H2,1H3,(H,25,26). The van der Waals surface area contributed by atoms with E-state index in [9.17, 15) is 8.78 Å². The predicted octanol–water partition coefficient (Wildman–Crippen LogP) is 3.85. The summed E-state index contributed by atoms with van der Waals surface area (Å²) in [5.74, 6) is -1.74. The Labute approximate surface area is 180 Å². The van der Waals surface area contributed by atoms with Crippen molar-refractivity contribution in [2.24, 2.45) is 0 Å². The molecule has 0 aliphatic carbocycles. The van der Waals surface area contributed by atoms with E-state index in [0.717, 1.165) is 40.4 Å². The lowest BCUT2D eigenvalue weighted by molar-refractivity contribution is 0.496. The second-order valence-corrected chi connectivity index (χ2v) is 7.67. The van der Waals surface area contributed by atoms with Crippen molar-refractivity contribution in [1.82, 2.24) is 29.8 Å². The van der Waals surface area contributed by atoms with Gasteiger partial charge in [-0.25, -0.2) is 18.3 Å². The molecule has 1 aliphatic rings. The van der Waals surface area contributed by atoms with Crippen molar-refractivity contribution in [1.29, 1.82) is 0 Å². The second-order valence-electron chi connectivity index (χ2n) is 7.67. The highest BCUT2D eigenvalue weighted by molar-refractivity contribution is 5.57. The number of hydrogen-bond acceptors (Lipinski definition) is 6. The van der Waals surface area contributed by atoms with Crippen molar-refractivity contribution in [3.63, 3.8) is 0 Å². The lowest BCUT2D eigenvalue weighted by atomic mass is 10.0. The van der Waals surface area contributed by atoms with Crippen LogP contribution in [0.3, 0.4) is 0 Å².